The number of ether oxygens (including phenoxy) is 5. The van der Waals surface area contributed by atoms with Crippen LogP contribution in [0.1, 0.15) is 86.6 Å². The molecule has 1 amide bonds. The average Bonchev–Trinajstić information content (AvgIpc) is 3.36. The van der Waals surface area contributed by atoms with Crippen molar-refractivity contribution in [2.45, 2.75) is 141 Å². The first-order valence-electron chi connectivity index (χ1n) is 22.0. The Morgan fingerprint density at radius 2 is 1.74 bits per heavy atom. The minimum Gasteiger partial charge on any atom is -0.458 e. The molecule has 0 saturated carbocycles. The van der Waals surface area contributed by atoms with E-state index in [1.165, 1.54) is 0 Å². The van der Waals surface area contributed by atoms with Crippen LogP contribution in [0.3, 0.4) is 0 Å². The number of carbonyl (C=O) groups excluding carboxylic acids is 3. The maximum Gasteiger partial charge on any atom is 0.410 e. The molecule has 6 rings (SSSR count). The van der Waals surface area contributed by atoms with Crippen molar-refractivity contribution in [2.24, 2.45) is 28.7 Å². The zero-order valence-electron chi connectivity index (χ0n) is 37.6. The molecule has 5 heterocycles. The van der Waals surface area contributed by atoms with Crippen molar-refractivity contribution < 1.29 is 43.2 Å². The average molecular weight is 843 g/mol. The zero-order chi connectivity index (χ0) is 44.2. The third-order valence-corrected chi connectivity index (χ3v) is 13.4. The Balaban J connectivity index is 1.33. The maximum absolute atomic E-state index is 14.6. The van der Waals surface area contributed by atoms with Gasteiger partial charge in [0, 0.05) is 48.3 Å². The number of fused-ring (bicyclic) bond motifs is 1. The number of likely N-dealkylation sites (N-methyl/N-ethyl adjacent to an activating group) is 1. The van der Waals surface area contributed by atoms with E-state index < -0.39 is 71.5 Å². The van der Waals surface area contributed by atoms with Crippen LogP contribution in [-0.2, 0) is 39.7 Å². The van der Waals surface area contributed by atoms with Crippen molar-refractivity contribution >= 4 is 23.6 Å². The smallest absolute Gasteiger partial charge is 0.410 e. The van der Waals surface area contributed by atoms with Gasteiger partial charge in [0.2, 0.25) is 0 Å². The highest BCUT2D eigenvalue weighted by atomic mass is 16.7. The number of ketones is 1. The second-order valence-corrected chi connectivity index (χ2v) is 18.1. The Labute approximate surface area is 361 Å². The largest absolute Gasteiger partial charge is 0.458 e. The number of rotatable bonds is 9. The van der Waals surface area contributed by atoms with Crippen molar-refractivity contribution in [3.8, 4) is 23.1 Å². The summed E-state index contributed by atoms with van der Waals surface area (Å²) in [4.78, 5) is 55.3. The second kappa shape index (κ2) is 19.5. The summed E-state index contributed by atoms with van der Waals surface area (Å²) >= 11 is 0. The molecule has 0 spiro atoms. The van der Waals surface area contributed by atoms with E-state index in [9.17, 15) is 19.5 Å². The first-order valence-corrected chi connectivity index (χ1v) is 22.0. The van der Waals surface area contributed by atoms with Gasteiger partial charge in [-0.1, -0.05) is 63.9 Å². The van der Waals surface area contributed by atoms with E-state index in [1.54, 1.807) is 24.9 Å². The van der Waals surface area contributed by atoms with Gasteiger partial charge in [-0.3, -0.25) is 24.5 Å². The van der Waals surface area contributed by atoms with Gasteiger partial charge in [0.25, 0.3) is 0 Å². The van der Waals surface area contributed by atoms with Crippen molar-refractivity contribution in [1.82, 2.24) is 14.8 Å². The molecule has 1 aromatic carbocycles. The van der Waals surface area contributed by atoms with Crippen molar-refractivity contribution in [1.29, 1.82) is 0 Å². The van der Waals surface area contributed by atoms with Crippen molar-refractivity contribution in [3.63, 3.8) is 0 Å². The molecule has 0 radical (unpaired) electrons. The molecule has 3 saturated heterocycles. The van der Waals surface area contributed by atoms with Gasteiger partial charge < -0.3 is 33.7 Å². The quantitative estimate of drug-likeness (QED) is 0.176. The monoisotopic (exact) mass is 842 g/mol. The number of cyclic esters (lactones) is 1. The van der Waals surface area contributed by atoms with Crippen LogP contribution in [0.2, 0.25) is 0 Å². The van der Waals surface area contributed by atoms with Crippen molar-refractivity contribution in [3.05, 3.63) is 54.2 Å². The minimum absolute atomic E-state index is 0.0298. The number of aromatic nitrogens is 1. The molecule has 1 N–H and O–H groups in total. The van der Waals surface area contributed by atoms with Gasteiger partial charge in [-0.25, -0.2) is 4.79 Å². The Kier molecular flexibility index (Phi) is 14.8. The van der Waals surface area contributed by atoms with E-state index in [1.807, 2.05) is 71.8 Å². The fourth-order valence-electron chi connectivity index (χ4n) is 10.2. The number of carbonyl (C=O) groups is 3. The number of Topliss-reactive ketones (excluding diaryl/α,β-unsaturated/α-hetero) is 1. The number of hydrogen-bond acceptors (Lipinski definition) is 12. The van der Waals surface area contributed by atoms with Gasteiger partial charge in [0.05, 0.1) is 36.1 Å². The number of hydrogen-bond donors (Lipinski definition) is 1. The van der Waals surface area contributed by atoms with Crippen LogP contribution in [0.4, 0.5) is 4.79 Å². The third-order valence-electron chi connectivity index (χ3n) is 13.4. The van der Waals surface area contributed by atoms with E-state index in [-0.39, 0.29) is 30.6 Å². The minimum atomic E-state index is -1.22. The molecule has 0 aliphatic carbocycles. The third kappa shape index (κ3) is 9.89. The molecule has 0 unspecified atom stereocenters. The summed E-state index contributed by atoms with van der Waals surface area (Å²) in [6.07, 6.45) is -0.250. The zero-order valence-corrected chi connectivity index (χ0v) is 37.6. The Bertz CT molecular complexity index is 1950. The molecule has 13 nitrogen and oxygen atoms in total. The topological polar surface area (TPSA) is 149 Å². The van der Waals surface area contributed by atoms with Crippen LogP contribution >= 0.6 is 0 Å². The predicted molar refractivity (Wildman–Crippen MR) is 232 cm³/mol. The highest BCUT2D eigenvalue weighted by Crippen LogP contribution is 2.44. The van der Waals surface area contributed by atoms with Gasteiger partial charge in [-0.15, -0.1) is 5.92 Å². The lowest BCUT2D eigenvalue weighted by Crippen LogP contribution is -2.60. The van der Waals surface area contributed by atoms with E-state index in [4.69, 9.17) is 28.7 Å². The number of aryl methyl sites for hydroxylation is 1. The molecule has 61 heavy (non-hydrogen) atoms. The number of pyridine rings is 1. The molecule has 4 aliphatic heterocycles. The Hall–Kier alpha value is -4.19. The van der Waals surface area contributed by atoms with Crippen LogP contribution in [0.15, 0.2) is 53.7 Å². The number of benzene rings is 1. The summed E-state index contributed by atoms with van der Waals surface area (Å²) in [6.45, 7) is 15.7. The summed E-state index contributed by atoms with van der Waals surface area (Å²) < 4.78 is 32.3. The van der Waals surface area contributed by atoms with Crippen LogP contribution in [-0.4, -0.2) is 131 Å². The summed E-state index contributed by atoms with van der Waals surface area (Å²) in [5, 5.41) is 11.7. The SMILES string of the molecule is CC[C@H]1OC(=O)[C@H](C)C(=O)[C@H](C)[C@@H](O[C@@H]2O[C@H](C)C[C@H](N(C)C)[C@H]2O)[C@@](C)(OCC#CCCc2ccc(-c3ccccn3)cc2)C[C@@H](C)C2=NCCN3C(=O)O[C@@]1(C)[C@H]3[C@H]2C. The molecule has 4 aliphatic rings. The standard InChI is InChI=1S/C48H66N4O9/c1-11-38-48(8)42-31(4)39(50-24-25-52(42)46(56)61-48)29(2)28-47(7,57-26-16-12-13-17-34-19-21-35(22-20-34)36-18-14-15-23-49-36)43(32(5)40(53)33(6)44(55)59-38)60-45-41(54)37(51(9)10)27-30(3)58-45/h14-15,18-23,29-33,37-38,41-43,45,54H,11,13,17,24-28H2,1-10H3/t29-,30-,31+,32+,33-,37+,38-,41-,42-,43-,45+,47+,48-/m1/s1. The van der Waals surface area contributed by atoms with Gasteiger partial charge >= 0.3 is 12.1 Å². The maximum atomic E-state index is 14.6. The van der Waals surface area contributed by atoms with E-state index in [0.717, 1.165) is 29.0 Å². The molecule has 1 aromatic heterocycles. The first kappa shape index (κ1) is 46.3. The van der Waals surface area contributed by atoms with Crippen molar-refractivity contribution in [2.75, 3.05) is 33.8 Å². The van der Waals surface area contributed by atoms with Gasteiger partial charge in [0.15, 0.2) is 17.7 Å². The number of esters is 1. The highest BCUT2D eigenvalue weighted by Gasteiger charge is 2.60. The Morgan fingerprint density at radius 1 is 1.00 bits per heavy atom. The lowest BCUT2D eigenvalue weighted by molar-refractivity contribution is -0.296. The number of aliphatic hydroxyl groups is 1. The van der Waals surface area contributed by atoms with Crippen LogP contribution < -0.4 is 0 Å². The number of aliphatic imine (C=N–C) groups is 1. The summed E-state index contributed by atoms with van der Waals surface area (Å²) in [6, 6.07) is 13.4. The molecule has 2 bridgehead atoms. The van der Waals surface area contributed by atoms with Gasteiger partial charge in [-0.2, -0.15) is 0 Å². The van der Waals surface area contributed by atoms with Gasteiger partial charge in [-0.05, 0) is 91.1 Å². The van der Waals surface area contributed by atoms with Crippen LogP contribution in [0.5, 0.6) is 0 Å². The normalized spacial score (nSPS) is 35.9. The Morgan fingerprint density at radius 3 is 2.41 bits per heavy atom. The number of amides is 1. The van der Waals surface area contributed by atoms with Crippen LogP contribution in [0, 0.1) is 35.5 Å². The van der Waals surface area contributed by atoms with E-state index in [2.05, 4.69) is 48.0 Å². The summed E-state index contributed by atoms with van der Waals surface area (Å²) in [5.41, 5.74) is 1.57. The second-order valence-electron chi connectivity index (χ2n) is 18.1. The van der Waals surface area contributed by atoms with Crippen LogP contribution in [0.25, 0.3) is 11.3 Å². The lowest BCUT2D eigenvalue weighted by Gasteiger charge is -2.47. The fourth-order valence-corrected chi connectivity index (χ4v) is 10.2. The molecule has 13 atom stereocenters. The summed E-state index contributed by atoms with van der Waals surface area (Å²) in [7, 11) is 3.81. The number of aliphatic hydroxyl groups excluding tert-OH is 1. The number of nitrogens with zero attached hydrogens (tertiary/aromatic N) is 4. The van der Waals surface area contributed by atoms with Gasteiger partial charge in [0.1, 0.15) is 24.7 Å². The molecular weight excluding hydrogens is 777 g/mol. The molecule has 332 valence electrons. The molecule has 3 fully saturated rings. The molecular formula is C48H66N4O9. The van der Waals surface area contributed by atoms with E-state index >= 15 is 0 Å². The van der Waals surface area contributed by atoms with E-state index in [0.29, 0.717) is 38.8 Å². The first-order chi connectivity index (χ1) is 29.0. The predicted octanol–water partition coefficient (Wildman–Crippen LogP) is 6.14. The molecule has 13 heteroatoms. The molecule has 2 aromatic rings. The lowest BCUT2D eigenvalue weighted by atomic mass is 9.73. The summed E-state index contributed by atoms with van der Waals surface area (Å²) in [5.74, 6) is 2.73. The highest BCUT2D eigenvalue weighted by molar-refractivity contribution is 6.00. The fraction of sp³-hybridized carbons (Fsp3) is 0.646.